The SMILES string of the molecule is C1COCCN1.COC=O. The summed E-state index contributed by atoms with van der Waals surface area (Å²) in [7, 11) is 1.31. The summed E-state index contributed by atoms with van der Waals surface area (Å²) in [6.45, 7) is 4.21. The van der Waals surface area contributed by atoms with Gasteiger partial charge < -0.3 is 14.8 Å². The number of ether oxygens (including phenoxy) is 2. The molecule has 1 saturated heterocycles. The summed E-state index contributed by atoms with van der Waals surface area (Å²) in [5.74, 6) is 0. The lowest BCUT2D eigenvalue weighted by atomic mass is 10.5. The molecule has 60 valence electrons. The van der Waals surface area contributed by atoms with E-state index in [9.17, 15) is 0 Å². The van der Waals surface area contributed by atoms with Gasteiger partial charge in [-0.3, -0.25) is 4.79 Å². The van der Waals surface area contributed by atoms with E-state index in [1.165, 1.54) is 7.11 Å². The van der Waals surface area contributed by atoms with E-state index in [1.807, 2.05) is 0 Å². The quantitative estimate of drug-likeness (QED) is 0.503. The van der Waals surface area contributed by atoms with Crippen LogP contribution in [0.1, 0.15) is 0 Å². The lowest BCUT2D eigenvalue weighted by molar-refractivity contribution is -0.126. The number of methoxy groups -OCH3 is 1. The van der Waals surface area contributed by atoms with Crippen molar-refractivity contribution >= 4 is 6.47 Å². The second-order valence-electron chi connectivity index (χ2n) is 1.69. The molecular formula is C6H13NO3. The molecule has 4 nitrogen and oxygen atoms in total. The summed E-state index contributed by atoms with van der Waals surface area (Å²) in [6, 6.07) is 0. The first kappa shape index (κ1) is 9.39. The summed E-state index contributed by atoms with van der Waals surface area (Å²) < 4.78 is 8.87. The number of rotatable bonds is 1. The molecule has 0 amide bonds. The van der Waals surface area contributed by atoms with E-state index >= 15 is 0 Å². The Morgan fingerprint density at radius 3 is 2.10 bits per heavy atom. The van der Waals surface area contributed by atoms with Gasteiger partial charge in [-0.15, -0.1) is 0 Å². The molecule has 0 aromatic heterocycles. The minimum absolute atomic E-state index is 0.375. The first-order chi connectivity index (χ1) is 4.91. The Labute approximate surface area is 60.5 Å². The number of carbonyl (C=O) groups excluding carboxylic acids is 1. The summed E-state index contributed by atoms with van der Waals surface area (Å²) in [5.41, 5.74) is 0. The molecule has 0 saturated carbocycles. The van der Waals surface area contributed by atoms with Crippen molar-refractivity contribution in [1.82, 2.24) is 5.32 Å². The molecule has 1 N–H and O–H groups in total. The van der Waals surface area contributed by atoms with Crippen molar-refractivity contribution in [2.24, 2.45) is 0 Å². The van der Waals surface area contributed by atoms with Gasteiger partial charge in [0.2, 0.25) is 0 Å². The van der Waals surface area contributed by atoms with Gasteiger partial charge in [-0.2, -0.15) is 0 Å². The van der Waals surface area contributed by atoms with Crippen molar-refractivity contribution in [1.29, 1.82) is 0 Å². The Kier molecular flexibility index (Phi) is 7.88. The maximum atomic E-state index is 8.95. The fraction of sp³-hybridized carbons (Fsp3) is 0.833. The summed E-state index contributed by atoms with van der Waals surface area (Å²) >= 11 is 0. The van der Waals surface area contributed by atoms with E-state index < -0.39 is 0 Å². The van der Waals surface area contributed by atoms with Crippen LogP contribution in [0.4, 0.5) is 0 Å². The van der Waals surface area contributed by atoms with Crippen molar-refractivity contribution in [3.8, 4) is 0 Å². The highest BCUT2D eigenvalue weighted by Crippen LogP contribution is 1.76. The molecule has 1 aliphatic heterocycles. The van der Waals surface area contributed by atoms with Gasteiger partial charge in [-0.1, -0.05) is 0 Å². The second kappa shape index (κ2) is 8.39. The molecule has 1 heterocycles. The van der Waals surface area contributed by atoms with Crippen LogP contribution in [0.25, 0.3) is 0 Å². The summed E-state index contributed by atoms with van der Waals surface area (Å²) in [5, 5.41) is 3.16. The van der Waals surface area contributed by atoms with Gasteiger partial charge in [0, 0.05) is 13.1 Å². The molecule has 0 bridgehead atoms. The van der Waals surface area contributed by atoms with Crippen molar-refractivity contribution in [3.63, 3.8) is 0 Å². The number of hydrogen-bond acceptors (Lipinski definition) is 4. The Hall–Kier alpha value is -0.610. The molecule has 4 heteroatoms. The van der Waals surface area contributed by atoms with Gasteiger partial charge in [0.1, 0.15) is 0 Å². The molecular weight excluding hydrogens is 134 g/mol. The van der Waals surface area contributed by atoms with Crippen LogP contribution in [-0.2, 0) is 14.3 Å². The Balaban J connectivity index is 0.000000180. The van der Waals surface area contributed by atoms with Crippen LogP contribution in [0, 0.1) is 0 Å². The Bertz CT molecular complexity index is 61.9. The van der Waals surface area contributed by atoms with Crippen molar-refractivity contribution in [2.75, 3.05) is 33.4 Å². The predicted octanol–water partition coefficient (Wildman–Crippen LogP) is -0.605. The highest BCUT2D eigenvalue weighted by molar-refractivity contribution is 5.36. The van der Waals surface area contributed by atoms with Gasteiger partial charge in [0.25, 0.3) is 6.47 Å². The lowest BCUT2D eigenvalue weighted by Gasteiger charge is -2.10. The molecule has 1 fully saturated rings. The average Bonchev–Trinajstić information content (AvgIpc) is 2.08. The third kappa shape index (κ3) is 7.39. The molecule has 0 unspecified atom stereocenters. The highest BCUT2D eigenvalue weighted by atomic mass is 16.5. The van der Waals surface area contributed by atoms with Crippen LogP contribution >= 0.6 is 0 Å². The van der Waals surface area contributed by atoms with E-state index in [0.29, 0.717) is 6.47 Å². The number of morpholine rings is 1. The maximum Gasteiger partial charge on any atom is 0.292 e. The molecule has 0 aromatic carbocycles. The third-order valence-corrected chi connectivity index (χ3v) is 0.943. The Morgan fingerprint density at radius 2 is 2.00 bits per heavy atom. The molecule has 10 heavy (non-hydrogen) atoms. The highest BCUT2D eigenvalue weighted by Gasteiger charge is 1.92. The van der Waals surface area contributed by atoms with Crippen LogP contribution in [0.3, 0.4) is 0 Å². The largest absolute Gasteiger partial charge is 0.471 e. The van der Waals surface area contributed by atoms with Crippen molar-refractivity contribution in [2.45, 2.75) is 0 Å². The number of carbonyl (C=O) groups is 1. The molecule has 0 radical (unpaired) electrons. The van der Waals surface area contributed by atoms with Crippen LogP contribution in [0.15, 0.2) is 0 Å². The van der Waals surface area contributed by atoms with Crippen LogP contribution in [-0.4, -0.2) is 39.9 Å². The number of nitrogens with one attached hydrogen (secondary N) is 1. The predicted molar refractivity (Wildman–Crippen MR) is 36.8 cm³/mol. The molecule has 0 aromatic rings. The topological polar surface area (TPSA) is 47.6 Å². The summed E-state index contributed by atoms with van der Waals surface area (Å²) in [4.78, 5) is 8.95. The number of hydrogen-bond donors (Lipinski definition) is 1. The van der Waals surface area contributed by atoms with Crippen LogP contribution in [0.5, 0.6) is 0 Å². The Morgan fingerprint density at radius 1 is 1.50 bits per heavy atom. The molecule has 0 atom stereocenters. The standard InChI is InChI=1S/C4H9NO.C2H4O2/c1-3-6-4-2-5-1;1-4-2-3/h5H,1-4H2;2H,1H3. The van der Waals surface area contributed by atoms with Crippen LogP contribution in [0.2, 0.25) is 0 Å². The zero-order valence-electron chi connectivity index (χ0n) is 6.13. The molecule has 0 aliphatic carbocycles. The second-order valence-corrected chi connectivity index (χ2v) is 1.69. The van der Waals surface area contributed by atoms with Crippen molar-refractivity contribution in [3.05, 3.63) is 0 Å². The van der Waals surface area contributed by atoms with E-state index in [4.69, 9.17) is 9.53 Å². The lowest BCUT2D eigenvalue weighted by Crippen LogP contribution is -2.30. The van der Waals surface area contributed by atoms with E-state index in [2.05, 4.69) is 10.1 Å². The maximum absolute atomic E-state index is 8.95. The normalized spacial score (nSPS) is 16.5. The summed E-state index contributed by atoms with van der Waals surface area (Å²) in [6.07, 6.45) is 0. The zero-order valence-corrected chi connectivity index (χ0v) is 6.13. The first-order valence-electron chi connectivity index (χ1n) is 3.16. The monoisotopic (exact) mass is 147 g/mol. The minimum atomic E-state index is 0.375. The van der Waals surface area contributed by atoms with E-state index in [0.717, 1.165) is 26.3 Å². The fourth-order valence-corrected chi connectivity index (χ4v) is 0.516. The first-order valence-corrected chi connectivity index (χ1v) is 3.16. The van der Waals surface area contributed by atoms with E-state index in [1.54, 1.807) is 0 Å². The van der Waals surface area contributed by atoms with Gasteiger partial charge in [0.05, 0.1) is 20.3 Å². The molecule has 1 aliphatic rings. The van der Waals surface area contributed by atoms with Gasteiger partial charge in [-0.25, -0.2) is 0 Å². The third-order valence-electron chi connectivity index (χ3n) is 0.943. The molecule has 1 rings (SSSR count). The van der Waals surface area contributed by atoms with E-state index in [-0.39, 0.29) is 0 Å². The average molecular weight is 147 g/mol. The smallest absolute Gasteiger partial charge is 0.292 e. The zero-order chi connectivity index (χ0) is 7.66. The van der Waals surface area contributed by atoms with Crippen LogP contribution < -0.4 is 5.32 Å². The van der Waals surface area contributed by atoms with Gasteiger partial charge in [-0.05, 0) is 0 Å². The van der Waals surface area contributed by atoms with Gasteiger partial charge >= 0.3 is 0 Å². The van der Waals surface area contributed by atoms with Crippen molar-refractivity contribution < 1.29 is 14.3 Å². The minimum Gasteiger partial charge on any atom is -0.471 e. The molecule has 0 spiro atoms. The van der Waals surface area contributed by atoms with Gasteiger partial charge in [0.15, 0.2) is 0 Å². The fourth-order valence-electron chi connectivity index (χ4n) is 0.516.